The van der Waals surface area contributed by atoms with E-state index in [2.05, 4.69) is 0 Å². The first-order valence-corrected chi connectivity index (χ1v) is 14.7. The van der Waals surface area contributed by atoms with Gasteiger partial charge in [-0.2, -0.15) is 0 Å². The minimum absolute atomic E-state index is 0.0838. The molecule has 0 fully saturated rings. The zero-order valence-corrected chi connectivity index (χ0v) is 21.0. The van der Waals surface area contributed by atoms with E-state index in [-0.39, 0.29) is 3.57 Å². The summed E-state index contributed by atoms with van der Waals surface area (Å²) in [4.78, 5) is 0. The Bertz CT molecular complexity index is 902. The zero-order valence-electron chi connectivity index (χ0n) is 17.8. The molecule has 0 aliphatic rings. The van der Waals surface area contributed by atoms with E-state index in [0.29, 0.717) is 0 Å². The van der Waals surface area contributed by atoms with Crippen LogP contribution in [0.5, 0.6) is 0 Å². The van der Waals surface area contributed by atoms with Crippen molar-refractivity contribution >= 4 is 29.0 Å². The molecule has 14 heteroatoms. The van der Waals surface area contributed by atoms with Gasteiger partial charge in [0.25, 0.3) is 0 Å². The predicted octanol–water partition coefficient (Wildman–Crippen LogP) is 6.91. The van der Waals surface area contributed by atoms with Crippen molar-refractivity contribution in [3.05, 3.63) is 33.9 Å². The summed E-state index contributed by atoms with van der Waals surface area (Å²) in [6.07, 6.45) is -7.15. The van der Waals surface area contributed by atoms with Crippen LogP contribution in [0.2, 0.25) is 0 Å². The second-order valence-electron chi connectivity index (χ2n) is 8.78. The molecule has 0 saturated carbocycles. The zero-order chi connectivity index (χ0) is 25.8. The number of benzene rings is 1. The molecule has 0 aliphatic heterocycles. The summed E-state index contributed by atoms with van der Waals surface area (Å²) in [7, 11) is -7.01. The van der Waals surface area contributed by atoms with Crippen molar-refractivity contribution in [2.45, 2.75) is 71.7 Å². The standard InChI is InChI=1S/C18H24F9IO3S/c1-13(2,3)28(14(4,5)6,12-10-8-7-9-11-12)31-32(29,30)18(26,27)16(21,22)15(19,20)17(23,24)25/h7-11,28H,1-6H3. The minimum atomic E-state index is -7.36. The van der Waals surface area contributed by atoms with Crippen molar-refractivity contribution in [3.8, 4) is 0 Å². The first-order valence-electron chi connectivity index (χ1n) is 8.84. The molecule has 0 spiro atoms. The van der Waals surface area contributed by atoms with Crippen LogP contribution < -0.4 is 0 Å². The molecule has 0 unspecified atom stereocenters. The number of alkyl halides is 11. The van der Waals surface area contributed by atoms with Crippen molar-refractivity contribution in [2.24, 2.45) is 0 Å². The van der Waals surface area contributed by atoms with E-state index < -0.39 is 59.1 Å². The van der Waals surface area contributed by atoms with E-state index in [1.54, 1.807) is 0 Å². The van der Waals surface area contributed by atoms with Crippen LogP contribution in [0.25, 0.3) is 0 Å². The fourth-order valence-electron chi connectivity index (χ4n) is 3.18. The number of halogens is 10. The molecule has 3 nitrogen and oxygen atoms in total. The number of hydrogen-bond acceptors (Lipinski definition) is 3. The van der Waals surface area contributed by atoms with Crippen molar-refractivity contribution in [1.29, 1.82) is 0 Å². The summed E-state index contributed by atoms with van der Waals surface area (Å²) in [5, 5.41) is -6.90. The summed E-state index contributed by atoms with van der Waals surface area (Å²) in [5.41, 5.74) is 0. The monoisotopic (exact) mass is 618 g/mol. The summed E-state index contributed by atoms with van der Waals surface area (Å²) in [5.74, 6) is -14.7. The second-order valence-corrected chi connectivity index (χ2v) is 23.0. The van der Waals surface area contributed by atoms with Gasteiger partial charge in [0.1, 0.15) is 0 Å². The first kappa shape index (κ1) is 29.3. The molecule has 0 aliphatic carbocycles. The van der Waals surface area contributed by atoms with Gasteiger partial charge in [-0.3, -0.25) is 0 Å². The summed E-state index contributed by atoms with van der Waals surface area (Å²) in [6.45, 7) is 8.35. The van der Waals surface area contributed by atoms with Gasteiger partial charge in [0, 0.05) is 0 Å². The van der Waals surface area contributed by atoms with Crippen LogP contribution in [0.15, 0.2) is 30.3 Å². The fourth-order valence-corrected chi connectivity index (χ4v) is 22.5. The molecule has 0 bridgehead atoms. The second kappa shape index (κ2) is 8.17. The summed E-state index contributed by atoms with van der Waals surface area (Å²) >= 11 is -5.18. The van der Waals surface area contributed by atoms with Crippen molar-refractivity contribution in [2.75, 3.05) is 0 Å². The molecule has 0 atom stereocenters. The Labute approximate surface area is 184 Å². The van der Waals surface area contributed by atoms with Gasteiger partial charge in [-0.25, -0.2) is 0 Å². The van der Waals surface area contributed by atoms with E-state index in [4.69, 9.17) is 2.51 Å². The maximum atomic E-state index is 14.4. The Morgan fingerprint density at radius 2 is 1.06 bits per heavy atom. The summed E-state index contributed by atoms with van der Waals surface area (Å²) in [6, 6.07) is 6.91. The molecular weight excluding hydrogens is 594 g/mol. The van der Waals surface area contributed by atoms with Gasteiger partial charge in [0.05, 0.1) is 0 Å². The number of rotatable bonds is 6. The first-order chi connectivity index (χ1) is 13.8. The van der Waals surface area contributed by atoms with Crippen LogP contribution in [-0.4, -0.2) is 38.5 Å². The van der Waals surface area contributed by atoms with Crippen LogP contribution in [0.4, 0.5) is 39.5 Å². The molecular formula is C18H24F9IO3S. The maximum absolute atomic E-state index is 14.4. The van der Waals surface area contributed by atoms with Crippen molar-refractivity contribution < 1.29 is 50.4 Å². The fraction of sp³-hybridized carbons (Fsp3) is 0.667. The predicted molar refractivity (Wildman–Crippen MR) is 111 cm³/mol. The van der Waals surface area contributed by atoms with Crippen LogP contribution in [0.3, 0.4) is 0 Å². The van der Waals surface area contributed by atoms with Crippen LogP contribution in [0.1, 0.15) is 41.5 Å². The van der Waals surface area contributed by atoms with Crippen LogP contribution >= 0.6 is 18.8 Å². The normalized spacial score (nSPS) is 16.2. The average Bonchev–Trinajstić information content (AvgIpc) is 2.56. The molecule has 0 aromatic heterocycles. The third-order valence-corrected chi connectivity index (χ3v) is 21.5. The molecule has 0 amide bonds. The van der Waals surface area contributed by atoms with Crippen molar-refractivity contribution in [3.63, 3.8) is 0 Å². The van der Waals surface area contributed by atoms with Gasteiger partial charge in [-0.15, -0.1) is 0 Å². The van der Waals surface area contributed by atoms with Crippen molar-refractivity contribution in [1.82, 2.24) is 0 Å². The summed E-state index contributed by atoms with van der Waals surface area (Å²) < 4.78 is 148. The van der Waals surface area contributed by atoms with Gasteiger partial charge in [0.2, 0.25) is 0 Å². The molecule has 0 saturated heterocycles. The van der Waals surface area contributed by atoms with E-state index in [1.165, 1.54) is 71.9 Å². The average molecular weight is 618 g/mol. The Morgan fingerprint density at radius 3 is 1.38 bits per heavy atom. The Hall–Kier alpha value is -0.770. The van der Waals surface area contributed by atoms with Gasteiger partial charge in [-0.1, -0.05) is 0 Å². The van der Waals surface area contributed by atoms with Gasteiger partial charge >= 0.3 is 185 Å². The quantitative estimate of drug-likeness (QED) is 0.198. The van der Waals surface area contributed by atoms with E-state index in [0.717, 1.165) is 0 Å². The van der Waals surface area contributed by atoms with E-state index >= 15 is 0 Å². The van der Waals surface area contributed by atoms with Crippen LogP contribution in [-0.2, 0) is 12.6 Å². The Balaban J connectivity index is 3.88. The molecule has 0 radical (unpaired) electrons. The van der Waals surface area contributed by atoms with Gasteiger partial charge in [-0.05, 0) is 0 Å². The van der Waals surface area contributed by atoms with E-state index in [1.807, 2.05) is 0 Å². The number of hydrogen-bond donors (Lipinski definition) is 0. The molecule has 32 heavy (non-hydrogen) atoms. The molecule has 1 rings (SSSR count). The molecule has 190 valence electrons. The third kappa shape index (κ3) is 4.34. The molecule has 0 N–H and O–H groups in total. The van der Waals surface area contributed by atoms with Crippen LogP contribution in [0, 0.1) is 3.57 Å². The van der Waals surface area contributed by atoms with E-state index in [9.17, 15) is 47.9 Å². The van der Waals surface area contributed by atoms with Gasteiger partial charge in [0.15, 0.2) is 0 Å². The third-order valence-electron chi connectivity index (χ3n) is 4.42. The Morgan fingerprint density at radius 1 is 0.688 bits per heavy atom. The SMILES string of the molecule is CC(C)(C)[IH](OS(=O)(=O)C(F)(F)C(F)(F)C(F)(F)C(F)(F)F)(c1ccccc1)C(C)(C)C. The Kier molecular flexibility index (Phi) is 7.47. The topological polar surface area (TPSA) is 43.4 Å². The van der Waals surface area contributed by atoms with Gasteiger partial charge < -0.3 is 0 Å². The molecule has 0 heterocycles. The molecule has 1 aromatic rings. The molecule has 1 aromatic carbocycles.